The summed E-state index contributed by atoms with van der Waals surface area (Å²) in [5, 5.41) is 9.35. The Bertz CT molecular complexity index is 863. The van der Waals surface area contributed by atoms with Gasteiger partial charge in [0, 0.05) is 0 Å². The number of thioether (sulfide) groups is 1. The Morgan fingerprint density at radius 3 is 2.67 bits per heavy atom. The van der Waals surface area contributed by atoms with Crippen LogP contribution in [0.3, 0.4) is 0 Å². The zero-order valence-corrected chi connectivity index (χ0v) is 14.4. The monoisotopic (exact) mass is 359 g/mol. The first-order valence-electron chi connectivity index (χ1n) is 7.24. The number of imide groups is 1. The lowest BCUT2D eigenvalue weighted by Gasteiger charge is -2.14. The van der Waals surface area contributed by atoms with E-state index in [1.807, 2.05) is 31.2 Å². The molecule has 1 aliphatic heterocycles. The number of hydrogen-bond acceptors (Lipinski definition) is 4. The number of carbonyl (C=O) groups is 2. The molecule has 2 amide bonds. The van der Waals surface area contributed by atoms with E-state index in [0.29, 0.717) is 10.5 Å². The van der Waals surface area contributed by atoms with E-state index >= 15 is 0 Å². The summed E-state index contributed by atoms with van der Waals surface area (Å²) in [6.45, 7) is 2.20. The lowest BCUT2D eigenvalue weighted by Crippen LogP contribution is -2.27. The van der Waals surface area contributed by atoms with E-state index in [4.69, 9.17) is 11.6 Å². The number of carbonyl (C=O) groups excluding carboxylic acids is 2. The topological polar surface area (TPSA) is 57.6 Å². The van der Waals surface area contributed by atoms with Crippen molar-refractivity contribution in [1.82, 2.24) is 4.90 Å². The van der Waals surface area contributed by atoms with E-state index in [0.717, 1.165) is 22.9 Å². The van der Waals surface area contributed by atoms with Crippen LogP contribution in [-0.4, -0.2) is 21.2 Å². The predicted octanol–water partition coefficient (Wildman–Crippen LogP) is 4.59. The number of nitrogens with zero attached hydrogens (tertiary/aromatic N) is 1. The van der Waals surface area contributed by atoms with Crippen LogP contribution in [0.5, 0.6) is 5.75 Å². The number of phenols is 1. The molecular formula is C18H14ClNO3S. The number of aryl methyl sites for hydroxylation is 1. The van der Waals surface area contributed by atoms with Crippen LogP contribution in [0.1, 0.15) is 16.7 Å². The maximum absolute atomic E-state index is 12.5. The van der Waals surface area contributed by atoms with E-state index in [1.165, 1.54) is 11.0 Å². The Morgan fingerprint density at radius 2 is 1.96 bits per heavy atom. The van der Waals surface area contributed by atoms with Crippen LogP contribution in [0, 0.1) is 6.92 Å². The zero-order valence-electron chi connectivity index (χ0n) is 12.8. The third-order valence-corrected chi connectivity index (χ3v) is 4.94. The van der Waals surface area contributed by atoms with Gasteiger partial charge in [0.15, 0.2) is 0 Å². The molecule has 1 heterocycles. The van der Waals surface area contributed by atoms with Gasteiger partial charge in [-0.15, -0.1) is 0 Å². The highest BCUT2D eigenvalue weighted by atomic mass is 35.5. The van der Waals surface area contributed by atoms with Crippen molar-refractivity contribution < 1.29 is 14.7 Å². The lowest BCUT2D eigenvalue weighted by molar-refractivity contribution is -0.123. The first-order valence-corrected chi connectivity index (χ1v) is 8.43. The van der Waals surface area contributed by atoms with Gasteiger partial charge in [0.25, 0.3) is 11.1 Å². The van der Waals surface area contributed by atoms with Crippen LogP contribution in [0.4, 0.5) is 4.79 Å². The van der Waals surface area contributed by atoms with Crippen molar-refractivity contribution in [3.63, 3.8) is 0 Å². The highest BCUT2D eigenvalue weighted by Gasteiger charge is 2.35. The minimum atomic E-state index is -0.322. The number of rotatable bonds is 3. The summed E-state index contributed by atoms with van der Waals surface area (Å²) in [5.41, 5.74) is 2.62. The van der Waals surface area contributed by atoms with Crippen LogP contribution >= 0.6 is 23.4 Å². The molecule has 122 valence electrons. The van der Waals surface area contributed by atoms with E-state index < -0.39 is 0 Å². The zero-order chi connectivity index (χ0) is 17.3. The molecule has 0 aromatic heterocycles. The minimum absolute atomic E-state index is 0.0264. The molecule has 1 saturated heterocycles. The van der Waals surface area contributed by atoms with Crippen molar-refractivity contribution in [3.8, 4) is 5.75 Å². The standard InChI is InChI=1S/C18H14ClNO3S/c1-11-4-2-3-5-13(11)10-20-17(22)16(24-18(20)23)9-12-6-7-15(21)14(19)8-12/h2-9,21H,10H2,1H3/b16-9-. The lowest BCUT2D eigenvalue weighted by atomic mass is 10.1. The Labute approximate surface area is 148 Å². The van der Waals surface area contributed by atoms with Gasteiger partial charge in [0.1, 0.15) is 5.75 Å². The maximum Gasteiger partial charge on any atom is 0.293 e. The normalized spacial score (nSPS) is 16.2. The molecule has 2 aromatic carbocycles. The number of benzene rings is 2. The highest BCUT2D eigenvalue weighted by molar-refractivity contribution is 8.18. The number of amides is 2. The second-order valence-corrected chi connectivity index (χ2v) is 6.81. The van der Waals surface area contributed by atoms with Crippen molar-refractivity contribution in [2.45, 2.75) is 13.5 Å². The molecule has 0 atom stereocenters. The summed E-state index contributed by atoms with van der Waals surface area (Å²) in [7, 11) is 0. The van der Waals surface area contributed by atoms with Crippen LogP contribution in [-0.2, 0) is 11.3 Å². The molecule has 1 aliphatic rings. The second kappa shape index (κ2) is 6.71. The van der Waals surface area contributed by atoms with Gasteiger partial charge in [0.05, 0.1) is 16.5 Å². The average Bonchev–Trinajstić information content (AvgIpc) is 2.80. The summed E-state index contributed by atoms with van der Waals surface area (Å²) in [5.74, 6) is -0.348. The molecule has 0 bridgehead atoms. The second-order valence-electron chi connectivity index (χ2n) is 5.41. The minimum Gasteiger partial charge on any atom is -0.506 e. The molecule has 0 unspecified atom stereocenters. The quantitative estimate of drug-likeness (QED) is 0.814. The highest BCUT2D eigenvalue weighted by Crippen LogP contribution is 2.34. The molecule has 2 aromatic rings. The van der Waals surface area contributed by atoms with Crippen molar-refractivity contribution in [1.29, 1.82) is 0 Å². The number of aromatic hydroxyl groups is 1. The van der Waals surface area contributed by atoms with Crippen molar-refractivity contribution in [2.24, 2.45) is 0 Å². The van der Waals surface area contributed by atoms with Gasteiger partial charge in [-0.1, -0.05) is 41.9 Å². The fourth-order valence-electron chi connectivity index (χ4n) is 2.36. The van der Waals surface area contributed by atoms with E-state index in [-0.39, 0.29) is 28.5 Å². The molecule has 0 aliphatic carbocycles. The van der Waals surface area contributed by atoms with E-state index in [1.54, 1.807) is 18.2 Å². The predicted molar refractivity (Wildman–Crippen MR) is 95.8 cm³/mol. The molecular weight excluding hydrogens is 346 g/mol. The molecule has 1 N–H and O–H groups in total. The van der Waals surface area contributed by atoms with Gasteiger partial charge < -0.3 is 5.11 Å². The van der Waals surface area contributed by atoms with E-state index in [9.17, 15) is 14.7 Å². The SMILES string of the molecule is Cc1ccccc1CN1C(=O)S/C(=C\c2ccc(O)c(Cl)c2)C1=O. The Balaban J connectivity index is 1.84. The molecule has 0 saturated carbocycles. The number of hydrogen-bond donors (Lipinski definition) is 1. The van der Waals surface area contributed by atoms with Crippen molar-refractivity contribution in [3.05, 3.63) is 69.1 Å². The molecule has 24 heavy (non-hydrogen) atoms. The first kappa shape index (κ1) is 16.6. The largest absolute Gasteiger partial charge is 0.506 e. The summed E-state index contributed by atoms with van der Waals surface area (Å²) in [4.78, 5) is 26.3. The Kier molecular flexibility index (Phi) is 4.64. The van der Waals surface area contributed by atoms with Crippen LogP contribution in [0.25, 0.3) is 6.08 Å². The molecule has 0 radical (unpaired) electrons. The summed E-state index contributed by atoms with van der Waals surface area (Å²) in [6, 6.07) is 12.3. The fourth-order valence-corrected chi connectivity index (χ4v) is 3.39. The third kappa shape index (κ3) is 3.32. The van der Waals surface area contributed by atoms with Gasteiger partial charge in [-0.25, -0.2) is 0 Å². The Hall–Kier alpha value is -2.24. The molecule has 6 heteroatoms. The third-order valence-electron chi connectivity index (χ3n) is 3.73. The van der Waals surface area contributed by atoms with E-state index in [2.05, 4.69) is 0 Å². The molecule has 0 spiro atoms. The van der Waals surface area contributed by atoms with Gasteiger partial charge in [-0.2, -0.15) is 0 Å². The van der Waals surface area contributed by atoms with Crippen LogP contribution in [0.15, 0.2) is 47.4 Å². The van der Waals surface area contributed by atoms with Crippen LogP contribution in [0.2, 0.25) is 5.02 Å². The van der Waals surface area contributed by atoms with Crippen molar-refractivity contribution in [2.75, 3.05) is 0 Å². The number of phenolic OH excluding ortho intramolecular Hbond substituents is 1. The Morgan fingerprint density at radius 1 is 1.21 bits per heavy atom. The average molecular weight is 360 g/mol. The van der Waals surface area contributed by atoms with Gasteiger partial charge in [0.2, 0.25) is 0 Å². The summed E-state index contributed by atoms with van der Waals surface area (Å²) in [6.07, 6.45) is 1.61. The van der Waals surface area contributed by atoms with Gasteiger partial charge >= 0.3 is 0 Å². The molecule has 1 fully saturated rings. The maximum atomic E-state index is 12.5. The fraction of sp³-hybridized carbons (Fsp3) is 0.111. The van der Waals surface area contributed by atoms with Crippen LogP contribution < -0.4 is 0 Å². The molecule has 4 nitrogen and oxygen atoms in total. The van der Waals surface area contributed by atoms with Gasteiger partial charge in [-0.05, 0) is 53.6 Å². The first-order chi connectivity index (χ1) is 11.5. The summed E-state index contributed by atoms with van der Waals surface area (Å²) < 4.78 is 0. The van der Waals surface area contributed by atoms with Crippen molar-refractivity contribution >= 4 is 40.6 Å². The smallest absolute Gasteiger partial charge is 0.293 e. The summed E-state index contributed by atoms with van der Waals surface area (Å²) >= 11 is 6.77. The van der Waals surface area contributed by atoms with Gasteiger partial charge in [-0.3, -0.25) is 14.5 Å². The molecule has 3 rings (SSSR count). The number of halogens is 1.